The molecule has 1 fully saturated rings. The molecule has 3 rings (SSSR count). The van der Waals surface area contributed by atoms with E-state index < -0.39 is 37.3 Å². The maximum Gasteiger partial charge on any atom is 0.231 e. The van der Waals surface area contributed by atoms with Crippen LogP contribution in [0.2, 0.25) is 25.7 Å². The molecule has 1 atom stereocenters. The number of anilines is 1. The third-order valence-corrected chi connectivity index (χ3v) is 7.35. The van der Waals surface area contributed by atoms with Gasteiger partial charge in [0.15, 0.2) is 33.7 Å². The van der Waals surface area contributed by atoms with Crippen LogP contribution in [0.25, 0.3) is 0 Å². The van der Waals surface area contributed by atoms with Crippen molar-refractivity contribution in [2.75, 3.05) is 18.1 Å². The molecule has 1 amide bonds. The lowest BCUT2D eigenvalue weighted by atomic mass is 9.98. The van der Waals surface area contributed by atoms with Crippen molar-refractivity contribution >= 4 is 35.7 Å². The number of halogens is 5. The first-order valence-electron chi connectivity index (χ1n) is 9.92. The molecule has 1 aromatic heterocycles. The summed E-state index contributed by atoms with van der Waals surface area (Å²) in [4.78, 5) is 14.2. The summed E-state index contributed by atoms with van der Waals surface area (Å²) < 4.78 is 61.8. The van der Waals surface area contributed by atoms with Crippen LogP contribution in [0.1, 0.15) is 12.0 Å². The molecule has 2 heterocycles. The van der Waals surface area contributed by atoms with Crippen molar-refractivity contribution in [3.63, 3.8) is 0 Å². The molecule has 11 heteroatoms. The molecule has 1 aromatic carbocycles. The summed E-state index contributed by atoms with van der Waals surface area (Å²) in [5.41, 5.74) is 0.168. The molecule has 0 bridgehead atoms. The molecule has 1 saturated heterocycles. The van der Waals surface area contributed by atoms with E-state index in [0.29, 0.717) is 13.0 Å². The molecule has 31 heavy (non-hydrogen) atoms. The quantitative estimate of drug-likeness (QED) is 0.210. The number of hydrogen-bond donors (Lipinski definition) is 0. The molecule has 0 spiro atoms. The third kappa shape index (κ3) is 5.56. The summed E-state index contributed by atoms with van der Waals surface area (Å²) in [6.45, 7) is 7.37. The van der Waals surface area contributed by atoms with Gasteiger partial charge in [-0.05, 0) is 52.5 Å². The normalized spacial score (nSPS) is 17.1. The topological polar surface area (TPSA) is 47.4 Å². The number of amides is 1. The van der Waals surface area contributed by atoms with Gasteiger partial charge in [-0.3, -0.25) is 9.69 Å². The zero-order valence-corrected chi connectivity index (χ0v) is 20.1. The Morgan fingerprint density at radius 3 is 2.42 bits per heavy atom. The van der Waals surface area contributed by atoms with Crippen LogP contribution in [0.3, 0.4) is 0 Å². The Morgan fingerprint density at radius 2 is 1.81 bits per heavy atom. The molecular weight excluding hydrogens is 498 g/mol. The van der Waals surface area contributed by atoms with Gasteiger partial charge in [-0.25, -0.2) is 17.9 Å². The van der Waals surface area contributed by atoms with E-state index in [2.05, 4.69) is 40.7 Å². The van der Waals surface area contributed by atoms with Gasteiger partial charge in [-0.2, -0.15) is 9.49 Å². The van der Waals surface area contributed by atoms with Gasteiger partial charge in [-0.1, -0.05) is 19.6 Å². The fraction of sp³-hybridized carbons (Fsp3) is 0.500. The predicted molar refractivity (Wildman–Crippen MR) is 114 cm³/mol. The van der Waals surface area contributed by atoms with Crippen LogP contribution in [0.4, 0.5) is 23.4 Å². The molecule has 0 N–H and O–H groups in total. The number of ether oxygens (including phenoxy) is 1. The summed E-state index contributed by atoms with van der Waals surface area (Å²) in [6.07, 6.45) is 0.380. The van der Waals surface area contributed by atoms with Gasteiger partial charge in [0.25, 0.3) is 0 Å². The highest BCUT2D eigenvalue weighted by molar-refractivity contribution is 9.10. The molecule has 1 aliphatic rings. The molecule has 1 unspecified atom stereocenters. The van der Waals surface area contributed by atoms with E-state index in [0.717, 1.165) is 18.2 Å². The highest BCUT2D eigenvalue weighted by Gasteiger charge is 2.37. The first-order valence-corrected chi connectivity index (χ1v) is 14.4. The van der Waals surface area contributed by atoms with Crippen molar-refractivity contribution in [1.29, 1.82) is 0 Å². The van der Waals surface area contributed by atoms with Crippen molar-refractivity contribution in [3.05, 3.63) is 45.6 Å². The van der Waals surface area contributed by atoms with Crippen LogP contribution in [-0.2, 0) is 22.7 Å². The number of nitrogens with zero attached hydrogens (tertiary/aromatic N) is 3. The highest BCUT2D eigenvalue weighted by Crippen LogP contribution is 2.33. The van der Waals surface area contributed by atoms with E-state index in [-0.39, 0.29) is 41.6 Å². The minimum Gasteiger partial charge on any atom is -0.359 e. The fourth-order valence-electron chi connectivity index (χ4n) is 3.43. The summed E-state index contributed by atoms with van der Waals surface area (Å²) in [6, 6.07) is 2.69. The molecule has 0 saturated carbocycles. The second-order valence-electron chi connectivity index (χ2n) is 8.83. The van der Waals surface area contributed by atoms with E-state index in [1.807, 2.05) is 0 Å². The fourth-order valence-corrected chi connectivity index (χ4v) is 4.55. The Morgan fingerprint density at radius 1 is 1.16 bits per heavy atom. The SMILES string of the molecule is C[Si](C)(C)CCOCn1nc(Br)c(F)c1N1CCC(Cc2cc(F)c(F)c(F)c2)C1=O. The van der Waals surface area contributed by atoms with Gasteiger partial charge in [0.1, 0.15) is 6.73 Å². The lowest BCUT2D eigenvalue weighted by Gasteiger charge is -2.19. The van der Waals surface area contributed by atoms with Crippen molar-refractivity contribution in [2.45, 2.75) is 45.3 Å². The number of hydrogen-bond acceptors (Lipinski definition) is 3. The van der Waals surface area contributed by atoms with Crippen molar-refractivity contribution < 1.29 is 27.1 Å². The van der Waals surface area contributed by atoms with Crippen molar-refractivity contribution in [2.24, 2.45) is 5.92 Å². The Kier molecular flexibility index (Phi) is 7.27. The number of carbonyl (C=O) groups excluding carboxylic acids is 1. The summed E-state index contributed by atoms with van der Waals surface area (Å²) in [5.74, 6) is -5.85. The number of aromatic nitrogens is 2. The molecule has 5 nitrogen and oxygen atoms in total. The maximum atomic E-state index is 14.7. The minimum absolute atomic E-state index is 0.00877. The van der Waals surface area contributed by atoms with E-state index in [1.165, 1.54) is 9.58 Å². The Hall–Kier alpha value is -1.72. The van der Waals surface area contributed by atoms with Crippen molar-refractivity contribution in [1.82, 2.24) is 9.78 Å². The van der Waals surface area contributed by atoms with Gasteiger partial charge in [0, 0.05) is 27.1 Å². The first-order chi connectivity index (χ1) is 14.5. The molecule has 0 aliphatic carbocycles. The highest BCUT2D eigenvalue weighted by atomic mass is 79.9. The van der Waals surface area contributed by atoms with Crippen LogP contribution in [0.5, 0.6) is 0 Å². The van der Waals surface area contributed by atoms with Gasteiger partial charge in [0.05, 0.1) is 0 Å². The minimum atomic E-state index is -1.55. The maximum absolute atomic E-state index is 14.7. The van der Waals surface area contributed by atoms with E-state index >= 15 is 0 Å². The standard InChI is InChI=1S/C20H24BrF4N3O2Si/c1-31(2,3)7-6-30-11-28-19(17(25)18(21)26-28)27-5-4-13(20(27)29)8-12-9-14(22)16(24)15(23)10-12/h9-10,13H,4-8,11H2,1-3H3. The smallest absolute Gasteiger partial charge is 0.231 e. The zero-order valence-electron chi connectivity index (χ0n) is 17.5. The largest absolute Gasteiger partial charge is 0.359 e. The van der Waals surface area contributed by atoms with Crippen LogP contribution in [0, 0.1) is 29.2 Å². The monoisotopic (exact) mass is 521 g/mol. The van der Waals surface area contributed by atoms with Crippen LogP contribution >= 0.6 is 15.9 Å². The van der Waals surface area contributed by atoms with Crippen LogP contribution in [0.15, 0.2) is 16.7 Å². The molecule has 0 radical (unpaired) electrons. The molecule has 170 valence electrons. The lowest BCUT2D eigenvalue weighted by Crippen LogP contribution is -2.31. The van der Waals surface area contributed by atoms with Gasteiger partial charge in [-0.15, -0.1) is 0 Å². The second kappa shape index (κ2) is 9.41. The van der Waals surface area contributed by atoms with E-state index in [1.54, 1.807) is 0 Å². The number of carbonyl (C=O) groups is 1. The van der Waals surface area contributed by atoms with Crippen LogP contribution < -0.4 is 4.90 Å². The average molecular weight is 522 g/mol. The van der Waals surface area contributed by atoms with Gasteiger partial charge >= 0.3 is 0 Å². The Bertz CT molecular complexity index is 957. The first kappa shape index (κ1) is 23.9. The zero-order chi connectivity index (χ0) is 22.9. The second-order valence-corrected chi connectivity index (χ2v) is 15.2. The number of rotatable bonds is 8. The summed E-state index contributed by atoms with van der Waals surface area (Å²) in [5, 5.41) is 4.08. The lowest BCUT2D eigenvalue weighted by molar-refractivity contribution is -0.120. The Balaban J connectivity index is 1.73. The molecular formula is C20H24BrF4N3O2Si. The van der Waals surface area contributed by atoms with E-state index in [9.17, 15) is 22.4 Å². The average Bonchev–Trinajstić information content (AvgIpc) is 3.15. The predicted octanol–water partition coefficient (Wildman–Crippen LogP) is 5.11. The molecule has 2 aromatic rings. The van der Waals surface area contributed by atoms with E-state index in [4.69, 9.17) is 4.74 Å². The van der Waals surface area contributed by atoms with Crippen LogP contribution in [-0.4, -0.2) is 36.9 Å². The Labute approximate surface area is 187 Å². The third-order valence-electron chi connectivity index (χ3n) is 5.14. The number of benzene rings is 1. The summed E-state index contributed by atoms with van der Waals surface area (Å²) in [7, 11) is -1.29. The van der Waals surface area contributed by atoms with Gasteiger partial charge in [0.2, 0.25) is 5.91 Å². The van der Waals surface area contributed by atoms with Gasteiger partial charge < -0.3 is 4.74 Å². The van der Waals surface area contributed by atoms with Crippen molar-refractivity contribution in [3.8, 4) is 0 Å². The molecule has 1 aliphatic heterocycles. The summed E-state index contributed by atoms with van der Waals surface area (Å²) >= 11 is 3.05.